The van der Waals surface area contributed by atoms with Gasteiger partial charge in [0.05, 0.1) is 6.54 Å². The van der Waals surface area contributed by atoms with Crippen LogP contribution in [0.5, 0.6) is 0 Å². The second-order valence-corrected chi connectivity index (χ2v) is 7.14. The van der Waals surface area contributed by atoms with Crippen LogP contribution >= 0.6 is 0 Å². The smallest absolute Gasteiger partial charge is 0.410 e. The molecule has 4 rings (SSSR count). The van der Waals surface area contributed by atoms with E-state index in [0.29, 0.717) is 18.8 Å². The minimum atomic E-state index is -0.451. The minimum Gasteiger partial charge on any atom is -0.448 e. The molecule has 2 amide bonds. The Morgan fingerprint density at radius 2 is 1.83 bits per heavy atom. The number of nitrogens with zero attached hydrogens (tertiary/aromatic N) is 4. The molecule has 0 radical (unpaired) electrons. The van der Waals surface area contributed by atoms with Crippen LogP contribution in [0.1, 0.15) is 18.7 Å². The van der Waals surface area contributed by atoms with Gasteiger partial charge in [0.15, 0.2) is 0 Å². The molecular formula is C20H24N6O3. The molecule has 2 aliphatic heterocycles. The van der Waals surface area contributed by atoms with E-state index in [2.05, 4.69) is 25.5 Å². The average Bonchev–Trinajstić information content (AvgIpc) is 3.35. The topological polar surface area (TPSA) is 99.7 Å². The number of amides is 2. The van der Waals surface area contributed by atoms with Crippen molar-refractivity contribution in [1.29, 1.82) is 0 Å². The van der Waals surface area contributed by atoms with Crippen molar-refractivity contribution < 1.29 is 14.3 Å². The third-order valence-electron chi connectivity index (χ3n) is 4.87. The van der Waals surface area contributed by atoms with Gasteiger partial charge in [-0.25, -0.2) is 14.8 Å². The Morgan fingerprint density at radius 1 is 1.10 bits per heavy atom. The van der Waals surface area contributed by atoms with Crippen molar-refractivity contribution in [2.45, 2.75) is 19.8 Å². The summed E-state index contributed by atoms with van der Waals surface area (Å²) in [7, 11) is 0. The van der Waals surface area contributed by atoms with Crippen molar-refractivity contribution in [1.82, 2.24) is 14.9 Å². The number of nitrogens with one attached hydrogen (secondary N) is 2. The van der Waals surface area contributed by atoms with Gasteiger partial charge < -0.3 is 20.3 Å². The van der Waals surface area contributed by atoms with Gasteiger partial charge in [-0.1, -0.05) is 0 Å². The fraction of sp³-hybridized carbons (Fsp3) is 0.400. The molecule has 0 saturated carbocycles. The highest BCUT2D eigenvalue weighted by Crippen LogP contribution is 2.23. The molecule has 152 valence electrons. The third kappa shape index (κ3) is 4.74. The summed E-state index contributed by atoms with van der Waals surface area (Å²) in [5, 5.41) is 6.08. The maximum Gasteiger partial charge on any atom is 0.410 e. The fourth-order valence-electron chi connectivity index (χ4n) is 3.45. The van der Waals surface area contributed by atoms with Crippen LogP contribution in [0.15, 0.2) is 30.3 Å². The van der Waals surface area contributed by atoms with Crippen molar-refractivity contribution in [3.05, 3.63) is 36.2 Å². The molecule has 2 aliphatic rings. The molecule has 0 spiro atoms. The second-order valence-electron chi connectivity index (χ2n) is 7.14. The van der Waals surface area contributed by atoms with E-state index in [1.165, 1.54) is 17.7 Å². The lowest BCUT2D eigenvalue weighted by molar-refractivity contribution is -0.116. The second kappa shape index (κ2) is 8.34. The van der Waals surface area contributed by atoms with Crippen molar-refractivity contribution in [2.75, 3.05) is 48.3 Å². The lowest BCUT2D eigenvalue weighted by Gasteiger charge is -2.18. The van der Waals surface area contributed by atoms with Crippen LogP contribution in [0.25, 0.3) is 0 Å². The zero-order chi connectivity index (χ0) is 20.2. The zero-order valence-corrected chi connectivity index (χ0v) is 16.4. The standard InChI is InChI=1S/C20H24N6O3/c1-14-21-17(12-18(22-14)25-8-2-3-9-25)23-15-4-6-16(7-5-15)24-19(27)13-26-10-11-29-20(26)28/h4-7,12H,2-3,8-11,13H2,1H3,(H,24,27)(H,21,22,23). The summed E-state index contributed by atoms with van der Waals surface area (Å²) in [4.78, 5) is 36.2. The molecule has 2 aromatic rings. The molecule has 29 heavy (non-hydrogen) atoms. The number of rotatable bonds is 6. The van der Waals surface area contributed by atoms with Gasteiger partial charge in [0, 0.05) is 30.5 Å². The Morgan fingerprint density at radius 3 is 2.52 bits per heavy atom. The molecule has 0 aliphatic carbocycles. The molecule has 9 nitrogen and oxygen atoms in total. The monoisotopic (exact) mass is 396 g/mol. The van der Waals surface area contributed by atoms with Crippen LogP contribution in [0.2, 0.25) is 0 Å². The molecule has 1 aromatic heterocycles. The van der Waals surface area contributed by atoms with Gasteiger partial charge in [-0.05, 0) is 44.0 Å². The van der Waals surface area contributed by atoms with E-state index in [0.717, 1.165) is 36.2 Å². The number of aromatic nitrogens is 2. The summed E-state index contributed by atoms with van der Waals surface area (Å²) in [6.45, 7) is 4.69. The first-order valence-corrected chi connectivity index (χ1v) is 9.76. The summed E-state index contributed by atoms with van der Waals surface area (Å²) in [5.74, 6) is 2.15. The van der Waals surface area contributed by atoms with E-state index in [1.54, 1.807) is 12.1 Å². The van der Waals surface area contributed by atoms with E-state index < -0.39 is 6.09 Å². The highest BCUT2D eigenvalue weighted by molar-refractivity contribution is 5.94. The van der Waals surface area contributed by atoms with E-state index in [9.17, 15) is 9.59 Å². The average molecular weight is 396 g/mol. The molecule has 0 bridgehead atoms. The van der Waals surface area contributed by atoms with Crippen molar-refractivity contribution in [2.24, 2.45) is 0 Å². The van der Waals surface area contributed by atoms with E-state index in [-0.39, 0.29) is 12.5 Å². The van der Waals surface area contributed by atoms with Gasteiger partial charge in [0.25, 0.3) is 0 Å². The normalized spacial score (nSPS) is 16.1. The van der Waals surface area contributed by atoms with Crippen molar-refractivity contribution in [3.63, 3.8) is 0 Å². The van der Waals surface area contributed by atoms with Gasteiger partial charge in [-0.2, -0.15) is 0 Å². The number of aryl methyl sites for hydroxylation is 1. The summed E-state index contributed by atoms with van der Waals surface area (Å²) in [6.07, 6.45) is 1.93. The SMILES string of the molecule is Cc1nc(Nc2ccc(NC(=O)CN3CCOC3=O)cc2)cc(N2CCCC2)n1. The van der Waals surface area contributed by atoms with Gasteiger partial charge in [-0.15, -0.1) is 0 Å². The Bertz CT molecular complexity index is 896. The fourth-order valence-corrected chi connectivity index (χ4v) is 3.45. The third-order valence-corrected chi connectivity index (χ3v) is 4.87. The highest BCUT2D eigenvalue weighted by atomic mass is 16.6. The van der Waals surface area contributed by atoms with E-state index in [4.69, 9.17) is 4.74 Å². The summed E-state index contributed by atoms with van der Waals surface area (Å²) in [6, 6.07) is 9.30. The lowest BCUT2D eigenvalue weighted by Crippen LogP contribution is -2.33. The quantitative estimate of drug-likeness (QED) is 0.774. The maximum absolute atomic E-state index is 12.1. The van der Waals surface area contributed by atoms with Gasteiger partial charge >= 0.3 is 6.09 Å². The first-order chi connectivity index (χ1) is 14.1. The number of carbonyl (C=O) groups is 2. The van der Waals surface area contributed by atoms with E-state index in [1.807, 2.05) is 25.1 Å². The van der Waals surface area contributed by atoms with Crippen LogP contribution < -0.4 is 15.5 Å². The molecule has 0 atom stereocenters. The summed E-state index contributed by atoms with van der Waals surface area (Å²) >= 11 is 0. The van der Waals surface area contributed by atoms with Gasteiger partial charge in [0.1, 0.15) is 30.6 Å². The number of carbonyl (C=O) groups excluding carboxylic acids is 2. The number of cyclic esters (lactones) is 1. The Labute approximate surface area is 169 Å². The number of anilines is 4. The lowest BCUT2D eigenvalue weighted by atomic mass is 10.2. The number of hydrogen-bond acceptors (Lipinski definition) is 7. The first kappa shape index (κ1) is 19.0. The van der Waals surface area contributed by atoms with Crippen LogP contribution in [-0.2, 0) is 9.53 Å². The first-order valence-electron chi connectivity index (χ1n) is 9.76. The Balaban J connectivity index is 1.37. The molecule has 9 heteroatoms. The van der Waals surface area contributed by atoms with Crippen LogP contribution in [-0.4, -0.2) is 59.7 Å². The molecule has 1 aromatic carbocycles. The highest BCUT2D eigenvalue weighted by Gasteiger charge is 2.24. The van der Waals surface area contributed by atoms with Crippen LogP contribution in [0.4, 0.5) is 27.8 Å². The maximum atomic E-state index is 12.1. The predicted octanol–water partition coefficient (Wildman–Crippen LogP) is 2.52. The Hall–Kier alpha value is -3.36. The molecule has 0 unspecified atom stereocenters. The molecule has 3 heterocycles. The largest absolute Gasteiger partial charge is 0.448 e. The van der Waals surface area contributed by atoms with Gasteiger partial charge in [-0.3, -0.25) is 9.69 Å². The zero-order valence-electron chi connectivity index (χ0n) is 16.4. The van der Waals surface area contributed by atoms with Crippen molar-refractivity contribution >= 4 is 35.0 Å². The molecule has 2 fully saturated rings. The van der Waals surface area contributed by atoms with Crippen LogP contribution in [0.3, 0.4) is 0 Å². The van der Waals surface area contributed by atoms with Gasteiger partial charge in [0.2, 0.25) is 5.91 Å². The minimum absolute atomic E-state index is 0.0156. The Kier molecular flexibility index (Phi) is 5.46. The molecular weight excluding hydrogens is 372 g/mol. The summed E-state index contributed by atoms with van der Waals surface area (Å²) in [5.41, 5.74) is 1.52. The van der Waals surface area contributed by atoms with E-state index >= 15 is 0 Å². The summed E-state index contributed by atoms with van der Waals surface area (Å²) < 4.78 is 4.82. The molecule has 2 saturated heterocycles. The number of benzene rings is 1. The predicted molar refractivity (Wildman–Crippen MR) is 109 cm³/mol. The number of ether oxygens (including phenoxy) is 1. The molecule has 2 N–H and O–H groups in total. The number of hydrogen-bond donors (Lipinski definition) is 2. The van der Waals surface area contributed by atoms with Crippen molar-refractivity contribution in [3.8, 4) is 0 Å². The van der Waals surface area contributed by atoms with Crippen LogP contribution in [0, 0.1) is 6.92 Å².